The van der Waals surface area contributed by atoms with Crippen molar-refractivity contribution < 1.29 is 0 Å². The van der Waals surface area contributed by atoms with Crippen LogP contribution in [0.3, 0.4) is 0 Å². The van der Waals surface area contributed by atoms with Crippen LogP contribution in [0.5, 0.6) is 0 Å². The Bertz CT molecular complexity index is 2540. The van der Waals surface area contributed by atoms with Crippen LogP contribution in [-0.2, 0) is 0 Å². The first-order chi connectivity index (χ1) is 21.7. The molecule has 0 bridgehead atoms. The Balaban J connectivity index is 1.42. The lowest BCUT2D eigenvalue weighted by Gasteiger charge is -2.29. The van der Waals surface area contributed by atoms with Gasteiger partial charge in [-0.25, -0.2) is 0 Å². The van der Waals surface area contributed by atoms with E-state index in [0.29, 0.717) is 0 Å². The number of benzene rings is 8. The third-order valence-corrected chi connectivity index (χ3v) is 10.4. The van der Waals surface area contributed by atoms with Crippen LogP contribution in [0, 0.1) is 13.8 Å². The van der Waals surface area contributed by atoms with Crippen molar-refractivity contribution in [3.05, 3.63) is 151 Å². The molecule has 44 heavy (non-hydrogen) atoms. The number of thiophene rings is 1. The van der Waals surface area contributed by atoms with Gasteiger partial charge in [0.25, 0.3) is 0 Å². The summed E-state index contributed by atoms with van der Waals surface area (Å²) < 4.78 is 2.64. The van der Waals surface area contributed by atoms with Gasteiger partial charge in [-0.3, -0.25) is 0 Å². The van der Waals surface area contributed by atoms with Gasteiger partial charge in [0.2, 0.25) is 0 Å². The van der Waals surface area contributed by atoms with E-state index in [4.69, 9.17) is 0 Å². The van der Waals surface area contributed by atoms with Crippen molar-refractivity contribution in [2.45, 2.75) is 13.8 Å². The SMILES string of the molecule is Cc1ccccc1N(c1ccccc1C)c1cc2sc3cc4c5ccccc5c5ccccc5c4cc3c2c2ccccc12. The number of aryl methyl sites for hydroxylation is 2. The number of fused-ring (bicyclic) bond motifs is 11. The Labute approximate surface area is 260 Å². The topological polar surface area (TPSA) is 3.24 Å². The predicted octanol–water partition coefficient (Wildman–Crippen LogP) is 12.8. The maximum absolute atomic E-state index is 2.47. The van der Waals surface area contributed by atoms with Gasteiger partial charge in [0.1, 0.15) is 0 Å². The maximum atomic E-state index is 2.47. The first kappa shape index (κ1) is 25.3. The fourth-order valence-corrected chi connectivity index (χ4v) is 8.40. The van der Waals surface area contributed by atoms with E-state index in [-0.39, 0.29) is 0 Å². The number of nitrogens with zero attached hydrogens (tertiary/aromatic N) is 1. The molecule has 0 aliphatic heterocycles. The molecule has 0 radical (unpaired) electrons. The minimum atomic E-state index is 1.20. The summed E-state index contributed by atoms with van der Waals surface area (Å²) in [4.78, 5) is 2.47. The third kappa shape index (κ3) is 3.65. The zero-order valence-corrected chi connectivity index (χ0v) is 25.5. The molecule has 0 unspecified atom stereocenters. The van der Waals surface area contributed by atoms with E-state index in [1.807, 2.05) is 11.3 Å². The lowest BCUT2D eigenvalue weighted by atomic mass is 9.93. The number of hydrogen-bond acceptors (Lipinski definition) is 2. The molecule has 208 valence electrons. The van der Waals surface area contributed by atoms with Crippen LogP contribution in [0.15, 0.2) is 140 Å². The van der Waals surface area contributed by atoms with Gasteiger partial charge < -0.3 is 4.90 Å². The van der Waals surface area contributed by atoms with Crippen LogP contribution in [0.1, 0.15) is 11.1 Å². The van der Waals surface area contributed by atoms with Crippen molar-refractivity contribution in [2.75, 3.05) is 4.90 Å². The predicted molar refractivity (Wildman–Crippen MR) is 194 cm³/mol. The summed E-state index contributed by atoms with van der Waals surface area (Å²) >= 11 is 1.91. The normalized spacial score (nSPS) is 11.9. The van der Waals surface area contributed by atoms with E-state index in [1.165, 1.54) is 91.5 Å². The quantitative estimate of drug-likeness (QED) is 0.188. The van der Waals surface area contributed by atoms with Crippen LogP contribution in [0.4, 0.5) is 17.1 Å². The van der Waals surface area contributed by atoms with E-state index in [0.717, 1.165) is 0 Å². The van der Waals surface area contributed by atoms with Crippen LogP contribution in [0.25, 0.3) is 63.3 Å². The summed E-state index contributed by atoms with van der Waals surface area (Å²) in [6.07, 6.45) is 0. The molecule has 9 aromatic rings. The summed E-state index contributed by atoms with van der Waals surface area (Å²) in [5, 5.41) is 13.1. The number of rotatable bonds is 3. The molecule has 0 fully saturated rings. The van der Waals surface area contributed by atoms with Gasteiger partial charge in [0, 0.05) is 36.9 Å². The average Bonchev–Trinajstić information content (AvgIpc) is 3.43. The smallest absolute Gasteiger partial charge is 0.0554 e. The van der Waals surface area contributed by atoms with Gasteiger partial charge in [-0.05, 0) is 93.0 Å². The number of para-hydroxylation sites is 2. The zero-order valence-electron chi connectivity index (χ0n) is 24.6. The second-order valence-electron chi connectivity index (χ2n) is 11.8. The summed E-state index contributed by atoms with van der Waals surface area (Å²) in [5.74, 6) is 0. The highest BCUT2D eigenvalue weighted by Gasteiger charge is 2.22. The molecule has 0 saturated heterocycles. The minimum absolute atomic E-state index is 1.20. The monoisotopic (exact) mass is 579 g/mol. The van der Waals surface area contributed by atoms with Gasteiger partial charge in [0.15, 0.2) is 0 Å². The minimum Gasteiger partial charge on any atom is -0.309 e. The van der Waals surface area contributed by atoms with Gasteiger partial charge in [-0.2, -0.15) is 0 Å². The summed E-state index contributed by atoms with van der Waals surface area (Å²) in [6, 6.07) is 51.5. The molecule has 0 aliphatic carbocycles. The number of hydrogen-bond donors (Lipinski definition) is 0. The van der Waals surface area contributed by atoms with E-state index < -0.39 is 0 Å². The molecule has 0 amide bonds. The van der Waals surface area contributed by atoms with E-state index in [1.54, 1.807) is 0 Å². The highest BCUT2D eigenvalue weighted by molar-refractivity contribution is 7.26. The Morgan fingerprint density at radius 1 is 0.364 bits per heavy atom. The molecule has 0 N–H and O–H groups in total. The van der Waals surface area contributed by atoms with Gasteiger partial charge in [-0.15, -0.1) is 11.3 Å². The summed E-state index contributed by atoms with van der Waals surface area (Å²) in [5.41, 5.74) is 6.12. The van der Waals surface area contributed by atoms with Gasteiger partial charge in [-0.1, -0.05) is 109 Å². The fourth-order valence-electron chi connectivity index (χ4n) is 7.22. The Hall–Kier alpha value is -5.18. The van der Waals surface area contributed by atoms with Crippen molar-refractivity contribution in [2.24, 2.45) is 0 Å². The van der Waals surface area contributed by atoms with Crippen molar-refractivity contribution in [3.8, 4) is 0 Å². The molecule has 0 spiro atoms. The van der Waals surface area contributed by atoms with Crippen LogP contribution in [0.2, 0.25) is 0 Å². The first-order valence-corrected chi connectivity index (χ1v) is 16.0. The van der Waals surface area contributed by atoms with E-state index in [9.17, 15) is 0 Å². The van der Waals surface area contributed by atoms with Crippen LogP contribution >= 0.6 is 11.3 Å². The van der Waals surface area contributed by atoms with Crippen molar-refractivity contribution in [1.29, 1.82) is 0 Å². The average molecular weight is 580 g/mol. The van der Waals surface area contributed by atoms with Crippen molar-refractivity contribution in [3.63, 3.8) is 0 Å². The van der Waals surface area contributed by atoms with E-state index in [2.05, 4.69) is 158 Å². The molecule has 0 saturated carbocycles. The van der Waals surface area contributed by atoms with E-state index >= 15 is 0 Å². The molecule has 9 rings (SSSR count). The lowest BCUT2D eigenvalue weighted by molar-refractivity contribution is 1.24. The molecule has 0 aliphatic rings. The summed E-state index contributed by atoms with van der Waals surface area (Å²) in [7, 11) is 0. The first-order valence-electron chi connectivity index (χ1n) is 15.2. The lowest BCUT2D eigenvalue weighted by Crippen LogP contribution is -2.13. The molecule has 1 nitrogen and oxygen atoms in total. The van der Waals surface area contributed by atoms with Gasteiger partial charge in [0.05, 0.1) is 5.69 Å². The second-order valence-corrected chi connectivity index (χ2v) is 12.9. The molecule has 2 heteroatoms. The Morgan fingerprint density at radius 2 is 0.818 bits per heavy atom. The summed E-state index contributed by atoms with van der Waals surface area (Å²) in [6.45, 7) is 4.42. The maximum Gasteiger partial charge on any atom is 0.0554 e. The largest absolute Gasteiger partial charge is 0.309 e. The van der Waals surface area contributed by atoms with Crippen LogP contribution in [-0.4, -0.2) is 0 Å². The fraction of sp³-hybridized carbons (Fsp3) is 0.0476. The Morgan fingerprint density at radius 3 is 1.39 bits per heavy atom. The standard InChI is InChI=1S/C42H29NS/c1-26-13-3-11-21-37(26)43(38-22-12-4-14-27(38)2)39-25-41-42(33-20-10-9-19-32(33)39)36-23-34-30-17-7-5-15-28(30)29-16-6-8-18-31(29)35(34)24-40(36)44-41/h3-25H,1-2H3. The number of anilines is 3. The third-order valence-electron chi connectivity index (χ3n) is 9.27. The van der Waals surface area contributed by atoms with Crippen LogP contribution < -0.4 is 4.90 Å². The molecule has 8 aromatic carbocycles. The second kappa shape index (κ2) is 9.67. The molecule has 1 heterocycles. The Kier molecular flexibility index (Phi) is 5.57. The molecule has 1 aromatic heterocycles. The molecular formula is C42H29NS. The molecular weight excluding hydrogens is 551 g/mol. The molecule has 0 atom stereocenters. The highest BCUT2D eigenvalue weighted by atomic mass is 32.1. The van der Waals surface area contributed by atoms with Crippen molar-refractivity contribution >= 4 is 91.7 Å². The van der Waals surface area contributed by atoms with Gasteiger partial charge >= 0.3 is 0 Å². The van der Waals surface area contributed by atoms with Crippen molar-refractivity contribution in [1.82, 2.24) is 0 Å². The zero-order chi connectivity index (χ0) is 29.4. The highest BCUT2D eigenvalue weighted by Crippen LogP contribution is 2.49.